The summed E-state index contributed by atoms with van der Waals surface area (Å²) in [4.78, 5) is 11.8. The van der Waals surface area contributed by atoms with Gasteiger partial charge in [-0.15, -0.1) is 0 Å². The van der Waals surface area contributed by atoms with Crippen molar-refractivity contribution >= 4 is 17.4 Å². The van der Waals surface area contributed by atoms with Crippen molar-refractivity contribution in [2.24, 2.45) is 0 Å². The van der Waals surface area contributed by atoms with Crippen LogP contribution in [0.25, 0.3) is 0 Å². The molecule has 0 aliphatic rings. The van der Waals surface area contributed by atoms with Gasteiger partial charge in [-0.05, 0) is 24.6 Å². The maximum Gasteiger partial charge on any atom is 0.188 e. The Labute approximate surface area is 112 Å². The van der Waals surface area contributed by atoms with E-state index in [2.05, 4.69) is 0 Å². The lowest BCUT2D eigenvalue weighted by atomic mass is 10.1. The predicted molar refractivity (Wildman–Crippen MR) is 69.6 cm³/mol. The molecule has 5 heteroatoms. The van der Waals surface area contributed by atoms with Crippen LogP contribution in [0.3, 0.4) is 0 Å². The lowest BCUT2D eigenvalue weighted by molar-refractivity contribution is 0.0705. The van der Waals surface area contributed by atoms with Gasteiger partial charge < -0.3 is 14.2 Å². The highest BCUT2D eigenvalue weighted by molar-refractivity contribution is 6.32. The van der Waals surface area contributed by atoms with Crippen molar-refractivity contribution < 1.29 is 19.0 Å². The van der Waals surface area contributed by atoms with E-state index in [-0.39, 0.29) is 12.4 Å². The molecule has 0 unspecified atom stereocenters. The normalized spacial score (nSPS) is 10.4. The van der Waals surface area contributed by atoms with Gasteiger partial charge in [0.1, 0.15) is 12.4 Å². The lowest BCUT2D eigenvalue weighted by Gasteiger charge is -2.06. The molecule has 0 atom stereocenters. The Morgan fingerprint density at radius 2 is 2.06 bits per heavy atom. The van der Waals surface area contributed by atoms with Gasteiger partial charge in [-0.3, -0.25) is 4.79 Å². The summed E-state index contributed by atoms with van der Waals surface area (Å²) < 4.78 is 15.1. The summed E-state index contributed by atoms with van der Waals surface area (Å²) in [5.41, 5.74) is 0.521. The van der Waals surface area contributed by atoms with E-state index in [4.69, 9.17) is 25.8 Å². The molecule has 0 saturated carbocycles. The Bertz CT molecular complexity index is 393. The van der Waals surface area contributed by atoms with E-state index in [0.29, 0.717) is 29.5 Å². The molecule has 0 aliphatic carbocycles. The zero-order valence-electron chi connectivity index (χ0n) is 10.6. The molecule has 0 aromatic heterocycles. The minimum atomic E-state index is -0.100. The summed E-state index contributed by atoms with van der Waals surface area (Å²) in [5, 5.41) is 0.419. The summed E-state index contributed by atoms with van der Waals surface area (Å²) in [6.45, 7) is 1.18. The molecular formula is C13H17ClO4. The number of methoxy groups -OCH3 is 2. The molecule has 0 amide bonds. The minimum absolute atomic E-state index is 0.0480. The van der Waals surface area contributed by atoms with Crippen LogP contribution in [0.1, 0.15) is 16.8 Å². The summed E-state index contributed by atoms with van der Waals surface area (Å²) in [6, 6.07) is 4.92. The second kappa shape index (κ2) is 8.08. The molecule has 0 fully saturated rings. The van der Waals surface area contributed by atoms with Crippen LogP contribution in [0.5, 0.6) is 5.75 Å². The number of halogens is 1. The van der Waals surface area contributed by atoms with E-state index in [1.54, 1.807) is 25.3 Å². The topological polar surface area (TPSA) is 44.8 Å². The third-order valence-electron chi connectivity index (χ3n) is 2.34. The molecule has 100 valence electrons. The van der Waals surface area contributed by atoms with E-state index < -0.39 is 0 Å². The number of rotatable bonds is 8. The van der Waals surface area contributed by atoms with Gasteiger partial charge in [0, 0.05) is 25.9 Å². The second-order valence-corrected chi connectivity index (χ2v) is 4.08. The fourth-order valence-electron chi connectivity index (χ4n) is 1.39. The van der Waals surface area contributed by atoms with Gasteiger partial charge in [0.25, 0.3) is 0 Å². The van der Waals surface area contributed by atoms with Crippen LogP contribution in [0.4, 0.5) is 0 Å². The fourth-order valence-corrected chi connectivity index (χ4v) is 1.65. The molecule has 0 N–H and O–H groups in total. The number of carbonyl (C=O) groups excluding carboxylic acids is 1. The van der Waals surface area contributed by atoms with E-state index in [0.717, 1.165) is 6.42 Å². The van der Waals surface area contributed by atoms with Crippen molar-refractivity contribution in [3.63, 3.8) is 0 Å². The van der Waals surface area contributed by atoms with Crippen molar-refractivity contribution in [1.82, 2.24) is 0 Å². The summed E-state index contributed by atoms with van der Waals surface area (Å²) >= 11 is 5.94. The molecule has 0 heterocycles. The van der Waals surface area contributed by atoms with E-state index in [1.165, 1.54) is 7.11 Å². The Kier molecular flexibility index (Phi) is 6.72. The predicted octanol–water partition coefficient (Wildman–Crippen LogP) is 2.58. The van der Waals surface area contributed by atoms with Crippen LogP contribution in [0.15, 0.2) is 18.2 Å². The Morgan fingerprint density at radius 3 is 2.67 bits per heavy atom. The van der Waals surface area contributed by atoms with Gasteiger partial charge in [-0.1, -0.05) is 11.6 Å². The number of benzene rings is 1. The minimum Gasteiger partial charge on any atom is -0.495 e. The number of hydrogen-bond acceptors (Lipinski definition) is 4. The largest absolute Gasteiger partial charge is 0.495 e. The first kappa shape index (κ1) is 15.0. The molecule has 1 aromatic rings. The van der Waals surface area contributed by atoms with Crippen molar-refractivity contribution in [2.75, 3.05) is 34.0 Å². The Morgan fingerprint density at radius 1 is 1.28 bits per heavy atom. The number of ketones is 1. The number of carbonyl (C=O) groups is 1. The molecule has 0 saturated heterocycles. The third-order valence-corrected chi connectivity index (χ3v) is 2.64. The van der Waals surface area contributed by atoms with Gasteiger partial charge >= 0.3 is 0 Å². The summed E-state index contributed by atoms with van der Waals surface area (Å²) in [5.74, 6) is 0.450. The van der Waals surface area contributed by atoms with E-state index in [9.17, 15) is 4.79 Å². The molecule has 18 heavy (non-hydrogen) atoms. The first-order chi connectivity index (χ1) is 8.69. The molecule has 0 spiro atoms. The number of Topliss-reactive ketones (excluding diaryl/α,β-unsaturated/α-hetero) is 1. The van der Waals surface area contributed by atoms with Crippen molar-refractivity contribution in [3.05, 3.63) is 28.8 Å². The maximum atomic E-state index is 11.8. The first-order valence-electron chi connectivity index (χ1n) is 5.62. The molecule has 1 rings (SSSR count). The van der Waals surface area contributed by atoms with Crippen LogP contribution in [-0.4, -0.2) is 39.8 Å². The van der Waals surface area contributed by atoms with Crippen LogP contribution in [0, 0.1) is 0 Å². The van der Waals surface area contributed by atoms with Gasteiger partial charge in [-0.25, -0.2) is 0 Å². The first-order valence-corrected chi connectivity index (χ1v) is 6.00. The molecule has 0 radical (unpaired) electrons. The molecule has 4 nitrogen and oxygen atoms in total. The van der Waals surface area contributed by atoms with Crippen LogP contribution >= 0.6 is 11.6 Å². The Balaban J connectivity index is 2.44. The highest BCUT2D eigenvalue weighted by Gasteiger charge is 2.09. The number of ether oxygens (including phenoxy) is 3. The number of hydrogen-bond donors (Lipinski definition) is 0. The quantitative estimate of drug-likeness (QED) is 0.539. The lowest BCUT2D eigenvalue weighted by Crippen LogP contribution is -2.10. The highest BCUT2D eigenvalue weighted by Crippen LogP contribution is 2.25. The monoisotopic (exact) mass is 272 g/mol. The average molecular weight is 273 g/mol. The van der Waals surface area contributed by atoms with E-state index in [1.807, 2.05) is 0 Å². The zero-order valence-corrected chi connectivity index (χ0v) is 11.3. The second-order valence-electron chi connectivity index (χ2n) is 3.67. The van der Waals surface area contributed by atoms with Crippen molar-refractivity contribution in [1.29, 1.82) is 0 Å². The van der Waals surface area contributed by atoms with Gasteiger partial charge in [0.05, 0.1) is 12.1 Å². The van der Waals surface area contributed by atoms with Gasteiger partial charge in [0.15, 0.2) is 5.78 Å². The molecule has 0 bridgehead atoms. The van der Waals surface area contributed by atoms with Crippen LogP contribution in [0.2, 0.25) is 5.02 Å². The standard InChI is InChI=1S/C13H17ClO4/c1-16-6-3-7-18-9-12(15)10-4-5-13(17-2)11(14)8-10/h4-5,8H,3,6-7,9H2,1-2H3. The summed E-state index contributed by atoms with van der Waals surface area (Å²) in [6.07, 6.45) is 0.771. The van der Waals surface area contributed by atoms with Crippen molar-refractivity contribution in [2.45, 2.75) is 6.42 Å². The summed E-state index contributed by atoms with van der Waals surface area (Å²) in [7, 11) is 3.16. The molecule has 1 aromatic carbocycles. The van der Waals surface area contributed by atoms with E-state index >= 15 is 0 Å². The van der Waals surface area contributed by atoms with Crippen LogP contribution in [-0.2, 0) is 9.47 Å². The highest BCUT2D eigenvalue weighted by atomic mass is 35.5. The fraction of sp³-hybridized carbons (Fsp3) is 0.462. The molecule has 0 aliphatic heterocycles. The van der Waals surface area contributed by atoms with Crippen LogP contribution < -0.4 is 4.74 Å². The molecular weight excluding hydrogens is 256 g/mol. The zero-order chi connectivity index (χ0) is 13.4. The van der Waals surface area contributed by atoms with Crippen molar-refractivity contribution in [3.8, 4) is 5.75 Å². The third kappa shape index (κ3) is 4.64. The average Bonchev–Trinajstić information content (AvgIpc) is 2.38. The smallest absolute Gasteiger partial charge is 0.188 e. The SMILES string of the molecule is COCCCOCC(=O)c1ccc(OC)c(Cl)c1. The van der Waals surface area contributed by atoms with Gasteiger partial charge in [0.2, 0.25) is 0 Å². The maximum absolute atomic E-state index is 11.8. The van der Waals surface area contributed by atoms with Gasteiger partial charge in [-0.2, -0.15) is 0 Å². The Hall–Kier alpha value is -1.10.